The van der Waals surface area contributed by atoms with Crippen molar-refractivity contribution < 1.29 is 28.2 Å². The van der Waals surface area contributed by atoms with Crippen LogP contribution in [-0.2, 0) is 11.2 Å². The summed E-state index contributed by atoms with van der Waals surface area (Å²) in [6.07, 6.45) is 3.31. The Kier molecular flexibility index (Phi) is 8.52. The van der Waals surface area contributed by atoms with Gasteiger partial charge in [0.2, 0.25) is 11.7 Å². The minimum atomic E-state index is -2.15. The van der Waals surface area contributed by atoms with Gasteiger partial charge in [-0.3, -0.25) is 4.79 Å². The Morgan fingerprint density at radius 2 is 1.57 bits per heavy atom. The number of fused-ring (bicyclic) bond motifs is 1. The molecule has 2 aromatic rings. The van der Waals surface area contributed by atoms with Gasteiger partial charge in [-0.1, -0.05) is 32.9 Å². The molecular formula is C29H41NO6Si. The molecule has 3 rings (SSSR count). The second kappa shape index (κ2) is 11.1. The first-order valence-electron chi connectivity index (χ1n) is 12.5. The maximum atomic E-state index is 12.8. The summed E-state index contributed by atoms with van der Waals surface area (Å²) in [6, 6.07) is 7.91. The lowest BCUT2D eigenvalue weighted by atomic mass is 9.92. The average Bonchev–Trinajstić information content (AvgIpc) is 3.05. The quantitative estimate of drug-likeness (QED) is 0.435. The zero-order chi connectivity index (χ0) is 27.5. The van der Waals surface area contributed by atoms with Crippen LogP contribution in [0.2, 0.25) is 18.1 Å². The SMILES string of the molecule is CNC(=O)C1C=C(c2ccc(OC)c(O[Si](C)(C)C(C)(C)C)c2)c2cc(OC)c(OC)c(OC)c2CC1. The molecule has 2 aromatic carbocycles. The van der Waals surface area contributed by atoms with Crippen molar-refractivity contribution in [1.82, 2.24) is 5.32 Å². The minimum Gasteiger partial charge on any atom is -0.541 e. The van der Waals surface area contributed by atoms with Gasteiger partial charge in [-0.25, -0.2) is 0 Å². The molecule has 1 amide bonds. The highest BCUT2D eigenvalue weighted by Crippen LogP contribution is 2.48. The van der Waals surface area contributed by atoms with E-state index in [0.29, 0.717) is 41.6 Å². The zero-order valence-corrected chi connectivity index (χ0v) is 24.8. The number of methoxy groups -OCH3 is 4. The fraction of sp³-hybridized carbons (Fsp3) is 0.483. The molecule has 1 aliphatic carbocycles. The summed E-state index contributed by atoms with van der Waals surface area (Å²) in [5.41, 5.74) is 3.73. The number of hydrogen-bond acceptors (Lipinski definition) is 6. The molecule has 8 heteroatoms. The first-order valence-corrected chi connectivity index (χ1v) is 15.5. The van der Waals surface area contributed by atoms with Gasteiger partial charge in [0.25, 0.3) is 8.32 Å². The van der Waals surface area contributed by atoms with Crippen molar-refractivity contribution in [2.45, 2.75) is 51.7 Å². The standard InChI is InChI=1S/C29H41NO6Si/c1-29(2,3)37(9,10)36-24-16-18(12-14-23(24)32-5)21-15-19(28(31)30-4)11-13-20-22(21)17-25(33-6)27(35-8)26(20)34-7/h12,14-17,19H,11,13H2,1-10H3,(H,30,31). The van der Waals surface area contributed by atoms with Crippen LogP contribution in [-0.4, -0.2) is 49.7 Å². The van der Waals surface area contributed by atoms with Crippen LogP contribution >= 0.6 is 0 Å². The van der Waals surface area contributed by atoms with Crippen LogP contribution in [0.1, 0.15) is 43.9 Å². The number of ether oxygens (including phenoxy) is 4. The summed E-state index contributed by atoms with van der Waals surface area (Å²) < 4.78 is 29.5. The van der Waals surface area contributed by atoms with Crippen molar-refractivity contribution in [3.8, 4) is 28.7 Å². The van der Waals surface area contributed by atoms with E-state index >= 15 is 0 Å². The van der Waals surface area contributed by atoms with Gasteiger partial charge in [-0.05, 0) is 65.9 Å². The predicted molar refractivity (Wildman–Crippen MR) is 150 cm³/mol. The third-order valence-corrected chi connectivity index (χ3v) is 11.9. The van der Waals surface area contributed by atoms with E-state index in [1.165, 1.54) is 0 Å². The fourth-order valence-corrected chi connectivity index (χ4v) is 5.39. The van der Waals surface area contributed by atoms with E-state index in [9.17, 15) is 4.79 Å². The Labute approximate surface area is 222 Å². The molecule has 202 valence electrons. The first kappa shape index (κ1) is 28.4. The molecule has 0 aliphatic heterocycles. The zero-order valence-electron chi connectivity index (χ0n) is 23.8. The lowest BCUT2D eigenvalue weighted by Crippen LogP contribution is -2.43. The maximum Gasteiger partial charge on any atom is 0.250 e. The van der Waals surface area contributed by atoms with Crippen LogP contribution in [0.4, 0.5) is 0 Å². The van der Waals surface area contributed by atoms with Crippen molar-refractivity contribution in [1.29, 1.82) is 0 Å². The fourth-order valence-electron chi connectivity index (χ4n) is 4.37. The summed E-state index contributed by atoms with van der Waals surface area (Å²) >= 11 is 0. The maximum absolute atomic E-state index is 12.8. The highest BCUT2D eigenvalue weighted by Gasteiger charge is 2.39. The molecule has 1 atom stereocenters. The summed E-state index contributed by atoms with van der Waals surface area (Å²) in [7, 11) is 6.00. The van der Waals surface area contributed by atoms with E-state index in [1.807, 2.05) is 30.3 Å². The number of nitrogens with one attached hydrogen (secondary N) is 1. The van der Waals surface area contributed by atoms with Crippen molar-refractivity contribution >= 4 is 19.8 Å². The second-order valence-corrected chi connectivity index (χ2v) is 15.5. The van der Waals surface area contributed by atoms with E-state index in [4.69, 9.17) is 23.4 Å². The molecule has 0 heterocycles. The molecule has 0 spiro atoms. The summed E-state index contributed by atoms with van der Waals surface area (Å²) in [4.78, 5) is 12.8. The number of carbonyl (C=O) groups excluding carboxylic acids is 1. The Bertz CT molecular complexity index is 1180. The molecule has 1 N–H and O–H groups in total. The summed E-state index contributed by atoms with van der Waals surface area (Å²) in [5.74, 6) is 2.74. The molecule has 0 fully saturated rings. The third-order valence-electron chi connectivity index (χ3n) is 7.53. The Balaban J connectivity index is 2.29. The van der Waals surface area contributed by atoms with Gasteiger partial charge in [0, 0.05) is 12.6 Å². The van der Waals surface area contributed by atoms with Crippen LogP contribution in [0.5, 0.6) is 28.7 Å². The number of carbonyl (C=O) groups is 1. The molecular weight excluding hydrogens is 486 g/mol. The Morgan fingerprint density at radius 3 is 2.11 bits per heavy atom. The van der Waals surface area contributed by atoms with E-state index in [2.05, 4.69) is 39.2 Å². The van der Waals surface area contributed by atoms with Gasteiger partial charge in [0.1, 0.15) is 5.75 Å². The smallest absolute Gasteiger partial charge is 0.250 e. The van der Waals surface area contributed by atoms with Gasteiger partial charge >= 0.3 is 0 Å². The van der Waals surface area contributed by atoms with Crippen LogP contribution in [0.3, 0.4) is 0 Å². The third kappa shape index (κ3) is 5.59. The van der Waals surface area contributed by atoms with Crippen LogP contribution in [0.25, 0.3) is 5.57 Å². The van der Waals surface area contributed by atoms with Crippen molar-refractivity contribution in [2.75, 3.05) is 35.5 Å². The normalized spacial score (nSPS) is 15.6. The molecule has 0 radical (unpaired) electrons. The molecule has 1 aliphatic rings. The molecule has 0 bridgehead atoms. The monoisotopic (exact) mass is 527 g/mol. The Hall–Kier alpha value is -3.13. The molecule has 0 saturated carbocycles. The number of benzene rings is 2. The van der Waals surface area contributed by atoms with E-state index in [1.54, 1.807) is 35.5 Å². The van der Waals surface area contributed by atoms with E-state index in [-0.39, 0.29) is 16.9 Å². The largest absolute Gasteiger partial charge is 0.541 e. The average molecular weight is 528 g/mol. The van der Waals surface area contributed by atoms with Gasteiger partial charge in [-0.15, -0.1) is 0 Å². The number of amides is 1. The second-order valence-electron chi connectivity index (χ2n) is 10.7. The van der Waals surface area contributed by atoms with Gasteiger partial charge in [0.15, 0.2) is 17.2 Å². The lowest BCUT2D eigenvalue weighted by Gasteiger charge is -2.37. The van der Waals surface area contributed by atoms with Crippen molar-refractivity contribution in [3.63, 3.8) is 0 Å². The van der Waals surface area contributed by atoms with E-state index < -0.39 is 8.32 Å². The summed E-state index contributed by atoms with van der Waals surface area (Å²) in [5, 5.41) is 2.83. The van der Waals surface area contributed by atoms with E-state index in [0.717, 1.165) is 22.3 Å². The lowest BCUT2D eigenvalue weighted by molar-refractivity contribution is -0.123. The highest BCUT2D eigenvalue weighted by molar-refractivity contribution is 6.74. The van der Waals surface area contributed by atoms with Crippen molar-refractivity contribution in [3.05, 3.63) is 47.0 Å². The molecule has 37 heavy (non-hydrogen) atoms. The first-order chi connectivity index (χ1) is 17.4. The van der Waals surface area contributed by atoms with Gasteiger partial charge in [0.05, 0.1) is 34.4 Å². The molecule has 1 unspecified atom stereocenters. The van der Waals surface area contributed by atoms with Crippen LogP contribution in [0.15, 0.2) is 30.3 Å². The highest BCUT2D eigenvalue weighted by atomic mass is 28.4. The van der Waals surface area contributed by atoms with Gasteiger partial charge in [-0.2, -0.15) is 0 Å². The summed E-state index contributed by atoms with van der Waals surface area (Å²) in [6.45, 7) is 11.0. The van der Waals surface area contributed by atoms with Crippen molar-refractivity contribution in [2.24, 2.45) is 5.92 Å². The van der Waals surface area contributed by atoms with Crippen LogP contribution in [0, 0.1) is 5.92 Å². The molecule has 0 saturated heterocycles. The minimum absolute atomic E-state index is 0.0177. The number of rotatable bonds is 8. The molecule has 7 nitrogen and oxygen atoms in total. The Morgan fingerprint density at radius 1 is 0.919 bits per heavy atom. The number of hydrogen-bond donors (Lipinski definition) is 1. The van der Waals surface area contributed by atoms with Crippen LogP contribution < -0.4 is 28.7 Å². The molecule has 0 aromatic heterocycles. The van der Waals surface area contributed by atoms with Gasteiger partial charge < -0.3 is 28.7 Å². The predicted octanol–water partition coefficient (Wildman–Crippen LogP) is 5.85. The topological polar surface area (TPSA) is 75.3 Å².